The number of unbranched alkanes of at least 4 members (excludes halogenated alkanes) is 2. The van der Waals surface area contributed by atoms with Crippen molar-refractivity contribution in [2.24, 2.45) is 5.73 Å². The second-order valence-electron chi connectivity index (χ2n) is 9.14. The standard InChI is InChI=1S/C29H38N4O3/c1-3-33(4-2)24-14-11-22(12-15-24)29(36)32-26-17-13-23-20-21(9-16-25(23)26)10-18-28(35)31-19-7-5-6-8-27(30)34/h9-12,14-16,18,20,26H,3-8,13,17,19H2,1-2H3,(H2,30,34)(H,31,35)(H,32,36)/b18-10+. The summed E-state index contributed by atoms with van der Waals surface area (Å²) in [5.74, 6) is -0.484. The number of nitrogens with zero attached hydrogens (tertiary/aromatic N) is 1. The number of aryl methyl sites for hydroxylation is 1. The molecule has 0 fully saturated rings. The topological polar surface area (TPSA) is 105 Å². The lowest BCUT2D eigenvalue weighted by Gasteiger charge is -2.21. The molecular formula is C29H38N4O3. The third-order valence-corrected chi connectivity index (χ3v) is 6.63. The van der Waals surface area contributed by atoms with Crippen LogP contribution in [0.5, 0.6) is 0 Å². The number of hydrogen-bond acceptors (Lipinski definition) is 4. The van der Waals surface area contributed by atoms with Crippen molar-refractivity contribution in [3.63, 3.8) is 0 Å². The second kappa shape index (κ2) is 13.5. The summed E-state index contributed by atoms with van der Waals surface area (Å²) >= 11 is 0. The number of primary amides is 1. The van der Waals surface area contributed by atoms with Crippen molar-refractivity contribution in [2.75, 3.05) is 24.5 Å². The van der Waals surface area contributed by atoms with E-state index < -0.39 is 0 Å². The maximum atomic E-state index is 12.8. The van der Waals surface area contributed by atoms with Gasteiger partial charge in [-0.05, 0) is 86.6 Å². The van der Waals surface area contributed by atoms with Crippen molar-refractivity contribution in [1.29, 1.82) is 0 Å². The van der Waals surface area contributed by atoms with Gasteiger partial charge in [0.05, 0.1) is 6.04 Å². The lowest BCUT2D eigenvalue weighted by Crippen LogP contribution is -2.27. The van der Waals surface area contributed by atoms with Crippen LogP contribution in [0.3, 0.4) is 0 Å². The fourth-order valence-corrected chi connectivity index (χ4v) is 4.59. The molecule has 1 atom stereocenters. The minimum Gasteiger partial charge on any atom is -0.372 e. The Morgan fingerprint density at radius 1 is 1.03 bits per heavy atom. The molecule has 7 heteroatoms. The van der Waals surface area contributed by atoms with Crippen molar-refractivity contribution in [3.05, 3.63) is 70.8 Å². The fraction of sp³-hybridized carbons (Fsp3) is 0.414. The highest BCUT2D eigenvalue weighted by Gasteiger charge is 2.24. The average Bonchev–Trinajstić information content (AvgIpc) is 3.27. The second-order valence-corrected chi connectivity index (χ2v) is 9.14. The zero-order valence-electron chi connectivity index (χ0n) is 21.4. The minimum atomic E-state index is -0.286. The van der Waals surface area contributed by atoms with E-state index in [1.54, 1.807) is 6.08 Å². The van der Waals surface area contributed by atoms with Crippen molar-refractivity contribution in [3.8, 4) is 0 Å². The number of nitrogens with one attached hydrogen (secondary N) is 2. The first-order valence-corrected chi connectivity index (χ1v) is 12.9. The molecule has 0 radical (unpaired) electrons. The number of hydrogen-bond donors (Lipinski definition) is 3. The average molecular weight is 491 g/mol. The summed E-state index contributed by atoms with van der Waals surface area (Å²) in [6, 6.07) is 13.9. The summed E-state index contributed by atoms with van der Waals surface area (Å²) in [5, 5.41) is 6.04. The van der Waals surface area contributed by atoms with Crippen molar-refractivity contribution >= 4 is 29.5 Å². The Morgan fingerprint density at radius 3 is 2.47 bits per heavy atom. The maximum Gasteiger partial charge on any atom is 0.251 e. The number of nitrogens with two attached hydrogens (primary N) is 1. The molecule has 0 spiro atoms. The first-order chi connectivity index (χ1) is 17.4. The van der Waals surface area contributed by atoms with Crippen LogP contribution >= 0.6 is 0 Å². The zero-order chi connectivity index (χ0) is 25.9. The number of anilines is 1. The number of fused-ring (bicyclic) bond motifs is 1. The molecule has 1 aliphatic carbocycles. The Balaban J connectivity index is 1.50. The van der Waals surface area contributed by atoms with Gasteiger partial charge in [-0.1, -0.05) is 24.6 Å². The fourth-order valence-electron chi connectivity index (χ4n) is 4.59. The summed E-state index contributed by atoms with van der Waals surface area (Å²) in [4.78, 5) is 37.9. The monoisotopic (exact) mass is 490 g/mol. The molecule has 0 saturated heterocycles. The van der Waals surface area contributed by atoms with Gasteiger partial charge in [0.2, 0.25) is 11.8 Å². The van der Waals surface area contributed by atoms with Crippen LogP contribution in [0.4, 0.5) is 5.69 Å². The van der Waals surface area contributed by atoms with Gasteiger partial charge in [0, 0.05) is 43.4 Å². The SMILES string of the molecule is CCN(CC)c1ccc(C(=O)NC2CCc3cc(/C=C/C(=O)NCCCCCC(N)=O)ccc32)cc1. The van der Waals surface area contributed by atoms with Crippen LogP contribution in [0.2, 0.25) is 0 Å². The van der Waals surface area contributed by atoms with Crippen LogP contribution in [0.1, 0.15) is 79.0 Å². The summed E-state index contributed by atoms with van der Waals surface area (Å²) in [6.45, 7) is 6.68. The molecule has 2 aromatic carbocycles. The number of benzene rings is 2. The van der Waals surface area contributed by atoms with Crippen LogP contribution in [-0.2, 0) is 16.0 Å². The van der Waals surface area contributed by atoms with E-state index in [0.29, 0.717) is 18.5 Å². The molecule has 3 amide bonds. The third kappa shape index (κ3) is 7.70. The van der Waals surface area contributed by atoms with Crippen molar-refractivity contribution in [2.45, 2.75) is 58.4 Å². The number of carbonyl (C=O) groups excluding carboxylic acids is 3. The summed E-state index contributed by atoms with van der Waals surface area (Å²) in [6.07, 6.45) is 7.92. The number of rotatable bonds is 13. The molecule has 192 valence electrons. The van der Waals surface area contributed by atoms with E-state index in [2.05, 4.69) is 35.4 Å². The predicted octanol–water partition coefficient (Wildman–Crippen LogP) is 4.13. The molecule has 1 unspecified atom stereocenters. The molecule has 7 nitrogen and oxygen atoms in total. The first kappa shape index (κ1) is 27.0. The predicted molar refractivity (Wildman–Crippen MR) is 145 cm³/mol. The van der Waals surface area contributed by atoms with E-state index in [9.17, 15) is 14.4 Å². The Labute approximate surface area is 214 Å². The lowest BCUT2D eigenvalue weighted by molar-refractivity contribution is -0.118. The van der Waals surface area contributed by atoms with Gasteiger partial charge in [0.1, 0.15) is 0 Å². The molecule has 2 aromatic rings. The zero-order valence-corrected chi connectivity index (χ0v) is 21.4. The van der Waals surface area contributed by atoms with E-state index in [1.165, 1.54) is 5.56 Å². The lowest BCUT2D eigenvalue weighted by atomic mass is 10.0. The molecule has 1 aliphatic rings. The number of amides is 3. The Kier molecular flexibility index (Phi) is 10.1. The highest BCUT2D eigenvalue weighted by Crippen LogP contribution is 2.32. The summed E-state index contributed by atoms with van der Waals surface area (Å²) < 4.78 is 0. The van der Waals surface area contributed by atoms with Gasteiger partial charge < -0.3 is 21.3 Å². The van der Waals surface area contributed by atoms with E-state index in [-0.39, 0.29) is 23.8 Å². The molecule has 3 rings (SSSR count). The summed E-state index contributed by atoms with van der Waals surface area (Å²) in [5.41, 5.74) is 10.2. The Hall–Kier alpha value is -3.61. The van der Waals surface area contributed by atoms with Crippen LogP contribution in [0.25, 0.3) is 6.08 Å². The molecule has 36 heavy (non-hydrogen) atoms. The van der Waals surface area contributed by atoms with Crippen molar-refractivity contribution in [1.82, 2.24) is 10.6 Å². The van der Waals surface area contributed by atoms with E-state index in [0.717, 1.165) is 62.0 Å². The molecule has 0 aliphatic heterocycles. The van der Waals surface area contributed by atoms with Gasteiger partial charge in [-0.2, -0.15) is 0 Å². The number of carbonyl (C=O) groups is 3. The van der Waals surface area contributed by atoms with Gasteiger partial charge in [-0.25, -0.2) is 0 Å². The smallest absolute Gasteiger partial charge is 0.251 e. The Bertz CT molecular complexity index is 1070. The molecule has 4 N–H and O–H groups in total. The maximum absolute atomic E-state index is 12.8. The van der Waals surface area contributed by atoms with Crippen LogP contribution < -0.4 is 21.3 Å². The van der Waals surface area contributed by atoms with E-state index >= 15 is 0 Å². The largest absolute Gasteiger partial charge is 0.372 e. The molecule has 0 heterocycles. The molecule has 0 aromatic heterocycles. The highest BCUT2D eigenvalue weighted by molar-refractivity contribution is 5.95. The summed E-state index contributed by atoms with van der Waals surface area (Å²) in [7, 11) is 0. The van der Waals surface area contributed by atoms with Gasteiger partial charge >= 0.3 is 0 Å². The normalized spacial score (nSPS) is 14.4. The first-order valence-electron chi connectivity index (χ1n) is 12.9. The minimum absolute atomic E-state index is 0.00847. The van der Waals surface area contributed by atoms with Gasteiger partial charge in [0.25, 0.3) is 5.91 Å². The van der Waals surface area contributed by atoms with Gasteiger partial charge in [0.15, 0.2) is 0 Å². The molecule has 0 bridgehead atoms. The quantitative estimate of drug-likeness (QED) is 0.290. The molecule has 0 saturated carbocycles. The highest BCUT2D eigenvalue weighted by atomic mass is 16.2. The van der Waals surface area contributed by atoms with Gasteiger partial charge in [-0.3, -0.25) is 14.4 Å². The van der Waals surface area contributed by atoms with E-state index in [4.69, 9.17) is 5.73 Å². The van der Waals surface area contributed by atoms with Crippen LogP contribution in [-0.4, -0.2) is 37.4 Å². The van der Waals surface area contributed by atoms with Crippen LogP contribution in [0.15, 0.2) is 48.5 Å². The van der Waals surface area contributed by atoms with Gasteiger partial charge in [-0.15, -0.1) is 0 Å². The van der Waals surface area contributed by atoms with Crippen molar-refractivity contribution < 1.29 is 14.4 Å². The van der Waals surface area contributed by atoms with Crippen LogP contribution in [0, 0.1) is 0 Å². The molecular weight excluding hydrogens is 452 g/mol. The third-order valence-electron chi connectivity index (χ3n) is 6.63. The Morgan fingerprint density at radius 2 is 1.78 bits per heavy atom. The van der Waals surface area contributed by atoms with E-state index in [1.807, 2.05) is 42.5 Å².